The number of aromatic nitrogens is 1. The second-order valence-corrected chi connectivity index (χ2v) is 4.04. The zero-order valence-electron chi connectivity index (χ0n) is 7.41. The number of nitro groups is 1. The third kappa shape index (κ3) is 2.82. The topological polar surface area (TPSA) is 56.0 Å². The average Bonchev–Trinajstić information content (AvgIpc) is 2.07. The summed E-state index contributed by atoms with van der Waals surface area (Å²) in [6, 6.07) is 1.28. The lowest BCUT2D eigenvalue weighted by Crippen LogP contribution is -2.04. The first-order chi connectivity index (χ1) is 6.50. The van der Waals surface area contributed by atoms with E-state index in [0.717, 1.165) is 0 Å². The van der Waals surface area contributed by atoms with Crippen molar-refractivity contribution in [3.8, 4) is 0 Å². The van der Waals surface area contributed by atoms with Gasteiger partial charge in [0.25, 0.3) is 5.69 Å². The first-order valence-corrected chi connectivity index (χ1v) is 4.75. The summed E-state index contributed by atoms with van der Waals surface area (Å²) in [5.41, 5.74) is 0.284. The molecule has 14 heavy (non-hydrogen) atoms. The average molecular weight is 235 g/mol. The van der Waals surface area contributed by atoms with Crippen LogP contribution in [0.2, 0.25) is 5.02 Å². The second-order valence-electron chi connectivity index (χ2n) is 2.86. The first-order valence-electron chi connectivity index (χ1n) is 3.93. The number of halogens is 2. The van der Waals surface area contributed by atoms with Crippen molar-refractivity contribution in [1.82, 2.24) is 4.98 Å². The number of nitrogens with zero attached hydrogens (tertiary/aromatic N) is 2. The number of pyridine rings is 1. The quantitative estimate of drug-likeness (QED) is 0.459. The minimum atomic E-state index is -0.506. The predicted octanol–water partition coefficient (Wildman–Crippen LogP) is 2.81. The van der Waals surface area contributed by atoms with E-state index < -0.39 is 4.92 Å². The van der Waals surface area contributed by atoms with Crippen LogP contribution in [0.25, 0.3) is 0 Å². The summed E-state index contributed by atoms with van der Waals surface area (Å²) in [7, 11) is 0. The van der Waals surface area contributed by atoms with E-state index in [1.54, 1.807) is 6.92 Å². The van der Waals surface area contributed by atoms with Crippen molar-refractivity contribution in [2.75, 3.05) is 0 Å². The fourth-order valence-corrected chi connectivity index (χ4v) is 1.34. The molecule has 1 heterocycles. The Labute approximate surface area is 91.0 Å². The molecular weight excluding hydrogens is 227 g/mol. The van der Waals surface area contributed by atoms with Crippen LogP contribution in [0.3, 0.4) is 0 Å². The third-order valence-corrected chi connectivity index (χ3v) is 1.95. The molecule has 6 heteroatoms. The molecule has 0 amide bonds. The molecule has 0 aliphatic rings. The molecule has 0 fully saturated rings. The van der Waals surface area contributed by atoms with Crippen LogP contribution in [0.4, 0.5) is 5.69 Å². The molecule has 0 saturated carbocycles. The maximum atomic E-state index is 10.6. The van der Waals surface area contributed by atoms with Crippen LogP contribution < -0.4 is 0 Å². The number of alkyl halides is 1. The van der Waals surface area contributed by atoms with E-state index in [9.17, 15) is 10.1 Å². The highest BCUT2D eigenvalue weighted by molar-refractivity contribution is 6.30. The number of rotatable bonds is 3. The van der Waals surface area contributed by atoms with Crippen LogP contribution in [-0.4, -0.2) is 15.3 Å². The molecule has 1 atom stereocenters. The Morgan fingerprint density at radius 2 is 2.36 bits per heavy atom. The Morgan fingerprint density at radius 1 is 1.71 bits per heavy atom. The molecule has 0 aromatic carbocycles. The van der Waals surface area contributed by atoms with Crippen molar-refractivity contribution in [1.29, 1.82) is 0 Å². The molecule has 4 nitrogen and oxygen atoms in total. The van der Waals surface area contributed by atoms with Crippen molar-refractivity contribution < 1.29 is 4.92 Å². The SMILES string of the molecule is CC(Cl)Cc1ncc(Cl)cc1[N+](=O)[O-]. The molecule has 1 aromatic rings. The zero-order valence-corrected chi connectivity index (χ0v) is 8.92. The van der Waals surface area contributed by atoms with E-state index in [1.165, 1.54) is 12.3 Å². The van der Waals surface area contributed by atoms with E-state index in [2.05, 4.69) is 4.98 Å². The van der Waals surface area contributed by atoms with Gasteiger partial charge in [-0.25, -0.2) is 0 Å². The van der Waals surface area contributed by atoms with Crippen molar-refractivity contribution in [2.24, 2.45) is 0 Å². The van der Waals surface area contributed by atoms with Gasteiger partial charge in [0.1, 0.15) is 5.69 Å². The normalized spacial score (nSPS) is 12.5. The molecule has 0 aliphatic heterocycles. The maximum Gasteiger partial charge on any atom is 0.292 e. The third-order valence-electron chi connectivity index (χ3n) is 1.59. The number of hydrogen-bond acceptors (Lipinski definition) is 3. The molecular formula is C8H8Cl2N2O2. The van der Waals surface area contributed by atoms with Crippen LogP contribution in [-0.2, 0) is 6.42 Å². The summed E-state index contributed by atoms with van der Waals surface area (Å²) in [6.45, 7) is 1.75. The summed E-state index contributed by atoms with van der Waals surface area (Å²) in [5.74, 6) is 0. The molecule has 0 bridgehead atoms. The molecule has 0 aliphatic carbocycles. The summed E-state index contributed by atoms with van der Waals surface area (Å²) in [5, 5.41) is 10.7. The fraction of sp³-hybridized carbons (Fsp3) is 0.375. The van der Waals surface area contributed by atoms with Gasteiger partial charge in [0, 0.05) is 24.1 Å². The van der Waals surface area contributed by atoms with Crippen molar-refractivity contribution in [3.63, 3.8) is 0 Å². The van der Waals surface area contributed by atoms with Gasteiger partial charge in [-0.3, -0.25) is 15.1 Å². The predicted molar refractivity (Wildman–Crippen MR) is 54.9 cm³/mol. The Morgan fingerprint density at radius 3 is 2.86 bits per heavy atom. The van der Waals surface area contributed by atoms with Crippen LogP contribution in [0, 0.1) is 10.1 Å². The molecule has 1 rings (SSSR count). The van der Waals surface area contributed by atoms with E-state index in [-0.39, 0.29) is 16.1 Å². The van der Waals surface area contributed by atoms with Gasteiger partial charge >= 0.3 is 0 Å². The van der Waals surface area contributed by atoms with Gasteiger partial charge in [0.05, 0.1) is 9.95 Å². The summed E-state index contributed by atoms with van der Waals surface area (Å²) in [6.07, 6.45) is 1.73. The van der Waals surface area contributed by atoms with E-state index >= 15 is 0 Å². The molecule has 0 spiro atoms. The van der Waals surface area contributed by atoms with Crippen molar-refractivity contribution >= 4 is 28.9 Å². The molecule has 0 radical (unpaired) electrons. The van der Waals surface area contributed by atoms with Gasteiger partial charge < -0.3 is 0 Å². The minimum absolute atomic E-state index is 0.0787. The Hall–Kier alpha value is -0.870. The van der Waals surface area contributed by atoms with Gasteiger partial charge in [0.15, 0.2) is 0 Å². The lowest BCUT2D eigenvalue weighted by molar-refractivity contribution is -0.385. The number of hydrogen-bond donors (Lipinski definition) is 0. The Kier molecular flexibility index (Phi) is 3.66. The summed E-state index contributed by atoms with van der Waals surface area (Å²) >= 11 is 11.3. The van der Waals surface area contributed by atoms with Gasteiger partial charge in [-0.1, -0.05) is 11.6 Å². The highest BCUT2D eigenvalue weighted by atomic mass is 35.5. The highest BCUT2D eigenvalue weighted by Crippen LogP contribution is 2.22. The van der Waals surface area contributed by atoms with Crippen molar-refractivity contribution in [3.05, 3.63) is 33.1 Å². The second kappa shape index (κ2) is 4.57. The molecule has 1 unspecified atom stereocenters. The summed E-state index contributed by atoms with van der Waals surface area (Å²) in [4.78, 5) is 14.0. The first kappa shape index (κ1) is 11.2. The minimum Gasteiger partial charge on any atom is -0.258 e. The van der Waals surface area contributed by atoms with Crippen LogP contribution in [0.1, 0.15) is 12.6 Å². The van der Waals surface area contributed by atoms with Gasteiger partial charge in [0.2, 0.25) is 0 Å². The largest absolute Gasteiger partial charge is 0.292 e. The standard InChI is InChI=1S/C8H8Cl2N2O2/c1-5(9)2-7-8(12(13)14)3-6(10)4-11-7/h3-5H,2H2,1H3. The van der Waals surface area contributed by atoms with Crippen LogP contribution in [0.15, 0.2) is 12.3 Å². The monoisotopic (exact) mass is 234 g/mol. The van der Waals surface area contributed by atoms with E-state index in [1.807, 2.05) is 0 Å². The van der Waals surface area contributed by atoms with Gasteiger partial charge in [-0.2, -0.15) is 0 Å². The molecule has 76 valence electrons. The highest BCUT2D eigenvalue weighted by Gasteiger charge is 2.17. The lowest BCUT2D eigenvalue weighted by atomic mass is 10.2. The van der Waals surface area contributed by atoms with Gasteiger partial charge in [-0.15, -0.1) is 11.6 Å². The van der Waals surface area contributed by atoms with Crippen molar-refractivity contribution in [2.45, 2.75) is 18.7 Å². The smallest absolute Gasteiger partial charge is 0.258 e. The molecule has 1 aromatic heterocycles. The van der Waals surface area contributed by atoms with Crippen LogP contribution in [0.5, 0.6) is 0 Å². The van der Waals surface area contributed by atoms with Crippen LogP contribution >= 0.6 is 23.2 Å². The zero-order chi connectivity index (χ0) is 10.7. The molecule has 0 N–H and O–H groups in total. The van der Waals surface area contributed by atoms with Gasteiger partial charge in [-0.05, 0) is 6.92 Å². The van der Waals surface area contributed by atoms with E-state index in [0.29, 0.717) is 12.1 Å². The lowest BCUT2D eigenvalue weighted by Gasteiger charge is -2.03. The maximum absolute atomic E-state index is 10.6. The fourth-order valence-electron chi connectivity index (χ4n) is 1.04. The molecule has 0 saturated heterocycles. The Balaban J connectivity index is 3.08. The Bertz CT molecular complexity index is 355. The van der Waals surface area contributed by atoms with E-state index in [4.69, 9.17) is 23.2 Å². The summed E-state index contributed by atoms with van der Waals surface area (Å²) < 4.78 is 0.